The smallest absolute Gasteiger partial charge is 0.0357 e. The molecule has 1 rings (SSSR count). The van der Waals surface area contributed by atoms with Gasteiger partial charge in [0.2, 0.25) is 0 Å². The minimum absolute atomic E-state index is 0. The fourth-order valence-corrected chi connectivity index (χ4v) is 1.27. The zero-order valence-corrected chi connectivity index (χ0v) is 8.71. The summed E-state index contributed by atoms with van der Waals surface area (Å²) in [7, 11) is 0. The molecule has 0 unspecified atom stereocenters. The van der Waals surface area contributed by atoms with Crippen LogP contribution in [-0.4, -0.2) is 0 Å². The topological polar surface area (TPSA) is 26.0 Å². The van der Waals surface area contributed by atoms with Crippen molar-refractivity contribution >= 4 is 34.0 Å². The van der Waals surface area contributed by atoms with Crippen molar-refractivity contribution in [2.75, 3.05) is 5.73 Å². The quantitative estimate of drug-likeness (QED) is 0.745. The number of halogens is 2. The van der Waals surface area contributed by atoms with Gasteiger partial charge in [0.05, 0.1) is 0 Å². The average molecular weight is 237 g/mol. The summed E-state index contributed by atoms with van der Waals surface area (Å²) >= 11 is 3.35. The highest BCUT2D eigenvalue weighted by Crippen LogP contribution is 2.18. The molecule has 0 aromatic heterocycles. The SMILES string of the molecule is CCc1ccc(Br)cc1N.Cl. The van der Waals surface area contributed by atoms with Gasteiger partial charge < -0.3 is 5.73 Å². The van der Waals surface area contributed by atoms with Crippen molar-refractivity contribution in [2.45, 2.75) is 13.3 Å². The van der Waals surface area contributed by atoms with Crippen molar-refractivity contribution in [3.8, 4) is 0 Å². The fourth-order valence-electron chi connectivity index (χ4n) is 0.888. The van der Waals surface area contributed by atoms with Crippen LogP contribution in [0.2, 0.25) is 0 Å². The summed E-state index contributed by atoms with van der Waals surface area (Å²) in [5.41, 5.74) is 7.79. The first-order chi connectivity index (χ1) is 4.74. The van der Waals surface area contributed by atoms with Gasteiger partial charge in [-0.25, -0.2) is 0 Å². The van der Waals surface area contributed by atoms with E-state index in [0.717, 1.165) is 16.6 Å². The van der Waals surface area contributed by atoms with Crippen LogP contribution in [0.25, 0.3) is 0 Å². The van der Waals surface area contributed by atoms with Crippen molar-refractivity contribution < 1.29 is 0 Å². The first-order valence-corrected chi connectivity index (χ1v) is 4.07. The molecule has 3 heteroatoms. The van der Waals surface area contributed by atoms with Crippen LogP contribution in [0, 0.1) is 0 Å². The lowest BCUT2D eigenvalue weighted by Crippen LogP contribution is -1.91. The van der Waals surface area contributed by atoms with Gasteiger partial charge in [-0.3, -0.25) is 0 Å². The molecule has 11 heavy (non-hydrogen) atoms. The lowest BCUT2D eigenvalue weighted by atomic mass is 10.1. The molecule has 0 radical (unpaired) electrons. The lowest BCUT2D eigenvalue weighted by Gasteiger charge is -2.01. The number of nitrogen functional groups attached to an aromatic ring is 1. The Morgan fingerprint density at radius 2 is 2.09 bits per heavy atom. The van der Waals surface area contributed by atoms with Gasteiger partial charge in [-0.2, -0.15) is 0 Å². The summed E-state index contributed by atoms with van der Waals surface area (Å²) in [6.07, 6.45) is 0.999. The Kier molecular flexibility index (Phi) is 4.54. The van der Waals surface area contributed by atoms with Crippen LogP contribution in [0.15, 0.2) is 22.7 Å². The van der Waals surface area contributed by atoms with Crippen molar-refractivity contribution in [3.05, 3.63) is 28.2 Å². The summed E-state index contributed by atoms with van der Waals surface area (Å²) in [5, 5.41) is 0. The van der Waals surface area contributed by atoms with Crippen LogP contribution in [-0.2, 0) is 6.42 Å². The molecule has 1 aromatic carbocycles. The molecule has 0 spiro atoms. The lowest BCUT2D eigenvalue weighted by molar-refractivity contribution is 1.14. The van der Waals surface area contributed by atoms with Gasteiger partial charge in [0, 0.05) is 10.2 Å². The maximum atomic E-state index is 5.70. The van der Waals surface area contributed by atoms with Crippen LogP contribution in [0.4, 0.5) is 5.69 Å². The normalized spacial score (nSPS) is 8.91. The van der Waals surface area contributed by atoms with Crippen molar-refractivity contribution in [3.63, 3.8) is 0 Å². The van der Waals surface area contributed by atoms with E-state index in [1.165, 1.54) is 5.56 Å². The standard InChI is InChI=1S/C8H10BrN.ClH/c1-2-6-3-4-7(9)5-8(6)10;/h3-5H,2,10H2,1H3;1H. The molecule has 62 valence electrons. The minimum atomic E-state index is 0. The summed E-state index contributed by atoms with van der Waals surface area (Å²) < 4.78 is 1.04. The first kappa shape index (κ1) is 10.8. The van der Waals surface area contributed by atoms with Crippen LogP contribution >= 0.6 is 28.3 Å². The second-order valence-corrected chi connectivity index (χ2v) is 3.11. The molecule has 1 nitrogen and oxygen atoms in total. The van der Waals surface area contributed by atoms with Crippen LogP contribution in [0.3, 0.4) is 0 Å². The maximum absolute atomic E-state index is 5.70. The number of benzene rings is 1. The molecule has 0 aliphatic heterocycles. The second kappa shape index (κ2) is 4.62. The molecule has 0 heterocycles. The third-order valence-electron chi connectivity index (χ3n) is 1.49. The van der Waals surface area contributed by atoms with Crippen molar-refractivity contribution in [1.29, 1.82) is 0 Å². The van der Waals surface area contributed by atoms with E-state index in [-0.39, 0.29) is 12.4 Å². The van der Waals surface area contributed by atoms with E-state index >= 15 is 0 Å². The Labute approximate surface area is 81.5 Å². The highest BCUT2D eigenvalue weighted by molar-refractivity contribution is 9.10. The summed E-state index contributed by atoms with van der Waals surface area (Å²) in [6.45, 7) is 2.10. The molecule has 1 aromatic rings. The van der Waals surface area contributed by atoms with Crippen molar-refractivity contribution in [1.82, 2.24) is 0 Å². The molecular weight excluding hydrogens is 225 g/mol. The Morgan fingerprint density at radius 1 is 1.45 bits per heavy atom. The Balaban J connectivity index is 0.000001000. The van der Waals surface area contributed by atoms with Gasteiger partial charge in [0.15, 0.2) is 0 Å². The predicted molar refractivity (Wildman–Crippen MR) is 55.2 cm³/mol. The third kappa shape index (κ3) is 2.72. The number of anilines is 1. The molecule has 0 saturated carbocycles. The van der Waals surface area contributed by atoms with Crippen molar-refractivity contribution in [2.24, 2.45) is 0 Å². The first-order valence-electron chi connectivity index (χ1n) is 3.28. The van der Waals surface area contributed by atoms with Gasteiger partial charge >= 0.3 is 0 Å². The van der Waals surface area contributed by atoms with Gasteiger partial charge in [-0.15, -0.1) is 12.4 Å². The van der Waals surface area contributed by atoms with Crippen LogP contribution in [0.5, 0.6) is 0 Å². The molecule has 0 saturated heterocycles. The van der Waals surface area contributed by atoms with Crippen LogP contribution in [0.1, 0.15) is 12.5 Å². The van der Waals surface area contributed by atoms with E-state index in [1.807, 2.05) is 18.2 Å². The van der Waals surface area contributed by atoms with Crippen LogP contribution < -0.4 is 5.73 Å². The zero-order chi connectivity index (χ0) is 7.56. The predicted octanol–water partition coefficient (Wildman–Crippen LogP) is 3.02. The average Bonchev–Trinajstić information content (AvgIpc) is 1.88. The summed E-state index contributed by atoms with van der Waals surface area (Å²) in [4.78, 5) is 0. The van der Waals surface area contributed by atoms with Gasteiger partial charge in [-0.05, 0) is 24.1 Å². The maximum Gasteiger partial charge on any atom is 0.0357 e. The molecule has 0 fully saturated rings. The Hall–Kier alpha value is -0.210. The number of hydrogen-bond acceptors (Lipinski definition) is 1. The highest BCUT2D eigenvalue weighted by Gasteiger charge is 1.94. The van der Waals surface area contributed by atoms with E-state index in [9.17, 15) is 0 Å². The molecule has 2 N–H and O–H groups in total. The molecule has 0 atom stereocenters. The molecular formula is C8H11BrClN. The van der Waals surface area contributed by atoms with E-state index < -0.39 is 0 Å². The number of hydrogen-bond donors (Lipinski definition) is 1. The van der Waals surface area contributed by atoms with E-state index in [2.05, 4.69) is 22.9 Å². The second-order valence-electron chi connectivity index (χ2n) is 2.20. The number of aryl methyl sites for hydroxylation is 1. The third-order valence-corrected chi connectivity index (χ3v) is 1.98. The summed E-state index contributed by atoms with van der Waals surface area (Å²) in [5.74, 6) is 0. The van der Waals surface area contributed by atoms with E-state index in [4.69, 9.17) is 5.73 Å². The monoisotopic (exact) mass is 235 g/mol. The highest BCUT2D eigenvalue weighted by atomic mass is 79.9. The molecule has 0 bridgehead atoms. The molecule has 0 aliphatic rings. The largest absolute Gasteiger partial charge is 0.398 e. The zero-order valence-electron chi connectivity index (χ0n) is 6.30. The minimum Gasteiger partial charge on any atom is -0.398 e. The van der Waals surface area contributed by atoms with E-state index in [0.29, 0.717) is 0 Å². The van der Waals surface area contributed by atoms with Gasteiger partial charge in [0.1, 0.15) is 0 Å². The number of rotatable bonds is 1. The summed E-state index contributed by atoms with van der Waals surface area (Å²) in [6, 6.07) is 5.98. The Morgan fingerprint density at radius 3 is 2.55 bits per heavy atom. The molecule has 0 amide bonds. The number of nitrogens with two attached hydrogens (primary N) is 1. The fraction of sp³-hybridized carbons (Fsp3) is 0.250. The van der Waals surface area contributed by atoms with E-state index in [1.54, 1.807) is 0 Å². The van der Waals surface area contributed by atoms with Gasteiger partial charge in [0.25, 0.3) is 0 Å². The molecule has 0 aliphatic carbocycles. The van der Waals surface area contributed by atoms with Gasteiger partial charge in [-0.1, -0.05) is 28.9 Å². The Bertz CT molecular complexity index is 238.